The number of benzene rings is 1. The van der Waals surface area contributed by atoms with E-state index < -0.39 is 5.09 Å². The summed E-state index contributed by atoms with van der Waals surface area (Å²) in [5.41, 5.74) is 3.41. The Hall–Kier alpha value is -2.24. The van der Waals surface area contributed by atoms with Gasteiger partial charge in [-0.15, -0.1) is 10.1 Å². The Morgan fingerprint density at radius 1 is 1.19 bits per heavy atom. The van der Waals surface area contributed by atoms with Crippen LogP contribution in [-0.4, -0.2) is 21.9 Å². The van der Waals surface area contributed by atoms with Gasteiger partial charge in [0.2, 0.25) is 0 Å². The number of phenolic OH excluding ortho intramolecular Hbond substituents is 2. The first kappa shape index (κ1) is 23.4. The third-order valence-electron chi connectivity index (χ3n) is 7.87. The van der Waals surface area contributed by atoms with Crippen LogP contribution in [0.2, 0.25) is 0 Å². The van der Waals surface area contributed by atoms with Gasteiger partial charge < -0.3 is 15.1 Å². The van der Waals surface area contributed by atoms with Gasteiger partial charge in [0.15, 0.2) is 0 Å². The van der Waals surface area contributed by atoms with Crippen LogP contribution in [0.3, 0.4) is 0 Å². The van der Waals surface area contributed by atoms with E-state index in [2.05, 4.69) is 45.5 Å². The fraction of sp³-hybridized carbons (Fsp3) is 0.680. The molecule has 0 heterocycles. The van der Waals surface area contributed by atoms with Gasteiger partial charge in [-0.3, -0.25) is 0 Å². The molecule has 1 fully saturated rings. The average molecular weight is 432 g/mol. The summed E-state index contributed by atoms with van der Waals surface area (Å²) in [6, 6.07) is 3.31. The number of nitrogens with zero attached hydrogens (tertiary/aromatic N) is 1. The normalized spacial score (nSPS) is 24.3. The molecule has 0 aromatic heterocycles. The highest BCUT2D eigenvalue weighted by Gasteiger charge is 2.55. The molecule has 4 rings (SSSR count). The molecule has 0 saturated heterocycles. The molecule has 6 heteroatoms. The van der Waals surface area contributed by atoms with Gasteiger partial charge in [0.1, 0.15) is 11.5 Å². The zero-order chi connectivity index (χ0) is 23.0. The third kappa shape index (κ3) is 4.68. The first-order chi connectivity index (χ1) is 14.4. The third-order valence-corrected chi connectivity index (χ3v) is 7.87. The van der Waals surface area contributed by atoms with Crippen molar-refractivity contribution in [1.29, 1.82) is 0 Å². The largest absolute Gasteiger partial charge is 0.508 e. The Bertz CT molecular complexity index is 858. The van der Waals surface area contributed by atoms with E-state index in [4.69, 9.17) is 0 Å². The fourth-order valence-electron chi connectivity index (χ4n) is 5.97. The lowest BCUT2D eigenvalue weighted by Gasteiger charge is -2.59. The summed E-state index contributed by atoms with van der Waals surface area (Å²) in [6.07, 6.45) is 7.89. The van der Waals surface area contributed by atoms with Crippen LogP contribution >= 0.6 is 0 Å². The molecule has 3 aliphatic rings. The van der Waals surface area contributed by atoms with Gasteiger partial charge in [0.05, 0.1) is 6.61 Å². The zero-order valence-electron chi connectivity index (χ0n) is 19.5. The number of hydrogen-bond donors (Lipinski definition) is 2. The molecule has 1 aromatic carbocycles. The van der Waals surface area contributed by atoms with Crippen molar-refractivity contribution in [3.8, 4) is 11.5 Å². The molecule has 1 saturated carbocycles. The van der Waals surface area contributed by atoms with Gasteiger partial charge in [0.25, 0.3) is 5.09 Å². The summed E-state index contributed by atoms with van der Waals surface area (Å²) in [4.78, 5) is 14.6. The SMILES string of the molecule is CC1=C[C@H](c2c(O)cc(O)cc2C(C)(C)CCCCCCO[N+](=O)[O-])[C@H]2C[C@@H]1C2(C)C. The van der Waals surface area contributed by atoms with E-state index in [0.29, 0.717) is 18.3 Å². The van der Waals surface area contributed by atoms with E-state index in [-0.39, 0.29) is 34.9 Å². The van der Waals surface area contributed by atoms with E-state index in [1.54, 1.807) is 0 Å². The summed E-state index contributed by atoms with van der Waals surface area (Å²) in [7, 11) is 0. The van der Waals surface area contributed by atoms with Crippen molar-refractivity contribution in [2.24, 2.45) is 17.3 Å². The predicted octanol–water partition coefficient (Wildman–Crippen LogP) is 6.24. The van der Waals surface area contributed by atoms with Crippen LogP contribution < -0.4 is 0 Å². The number of hydrogen-bond acceptors (Lipinski definition) is 5. The molecule has 2 N–H and O–H groups in total. The molecule has 0 unspecified atom stereocenters. The maximum absolute atomic E-state index is 10.9. The molecule has 0 radical (unpaired) electrons. The van der Waals surface area contributed by atoms with Crippen LogP contribution in [-0.2, 0) is 10.3 Å². The molecule has 3 aliphatic carbocycles. The molecule has 0 aliphatic heterocycles. The van der Waals surface area contributed by atoms with Gasteiger partial charge in [-0.1, -0.05) is 58.6 Å². The summed E-state index contributed by atoms with van der Waals surface area (Å²) in [6.45, 7) is 11.4. The first-order valence-corrected chi connectivity index (χ1v) is 11.5. The second-order valence-electron chi connectivity index (χ2n) is 10.7. The minimum absolute atomic E-state index is 0.100. The quantitative estimate of drug-likeness (QED) is 0.198. The Morgan fingerprint density at radius 2 is 1.87 bits per heavy atom. The first-order valence-electron chi connectivity index (χ1n) is 11.5. The van der Waals surface area contributed by atoms with Crippen molar-refractivity contribution in [2.45, 2.75) is 84.5 Å². The lowest BCUT2D eigenvalue weighted by Crippen LogP contribution is -2.51. The van der Waals surface area contributed by atoms with Crippen LogP contribution in [0.5, 0.6) is 11.5 Å². The van der Waals surface area contributed by atoms with Crippen LogP contribution in [0.15, 0.2) is 23.8 Å². The molecule has 2 bridgehead atoms. The fourth-order valence-corrected chi connectivity index (χ4v) is 5.97. The Balaban J connectivity index is 1.77. The highest BCUT2D eigenvalue weighted by molar-refractivity contribution is 5.53. The summed E-state index contributed by atoms with van der Waals surface area (Å²) < 4.78 is 0. The van der Waals surface area contributed by atoms with Gasteiger partial charge >= 0.3 is 0 Å². The topological polar surface area (TPSA) is 92.8 Å². The number of rotatable bonds is 10. The van der Waals surface area contributed by atoms with Crippen LogP contribution in [0.1, 0.15) is 90.2 Å². The van der Waals surface area contributed by atoms with Crippen molar-refractivity contribution >= 4 is 0 Å². The molecular formula is C25H37NO5. The number of aromatic hydroxyl groups is 2. The Labute approximate surface area is 185 Å². The molecule has 172 valence electrons. The van der Waals surface area contributed by atoms with E-state index in [0.717, 1.165) is 43.2 Å². The second-order valence-corrected chi connectivity index (χ2v) is 10.7. The number of phenols is 2. The monoisotopic (exact) mass is 431 g/mol. The molecule has 6 nitrogen and oxygen atoms in total. The van der Waals surface area contributed by atoms with E-state index >= 15 is 0 Å². The number of fused-ring (bicyclic) bond motifs is 1. The van der Waals surface area contributed by atoms with Gasteiger partial charge in [0, 0.05) is 17.5 Å². The van der Waals surface area contributed by atoms with Gasteiger partial charge in [-0.2, -0.15) is 0 Å². The van der Waals surface area contributed by atoms with Gasteiger partial charge in [-0.25, -0.2) is 0 Å². The second kappa shape index (κ2) is 8.71. The van der Waals surface area contributed by atoms with Crippen molar-refractivity contribution in [3.63, 3.8) is 0 Å². The molecule has 0 amide bonds. The number of allylic oxidation sites excluding steroid dienone is 2. The van der Waals surface area contributed by atoms with Crippen molar-refractivity contribution in [2.75, 3.05) is 6.61 Å². The highest BCUT2D eigenvalue weighted by Crippen LogP contribution is 2.64. The summed E-state index contributed by atoms with van der Waals surface area (Å²) in [5.74, 6) is 1.57. The van der Waals surface area contributed by atoms with Crippen molar-refractivity contribution < 1.29 is 20.1 Å². The van der Waals surface area contributed by atoms with Gasteiger partial charge in [-0.05, 0) is 60.5 Å². The van der Waals surface area contributed by atoms with E-state index in [9.17, 15) is 20.3 Å². The lowest BCUT2D eigenvalue weighted by molar-refractivity contribution is -0.757. The van der Waals surface area contributed by atoms with Crippen molar-refractivity contribution in [3.05, 3.63) is 45.0 Å². The minimum Gasteiger partial charge on any atom is -0.508 e. The number of unbranched alkanes of at least 4 members (excludes halogenated alkanes) is 3. The van der Waals surface area contributed by atoms with Crippen molar-refractivity contribution in [1.82, 2.24) is 0 Å². The van der Waals surface area contributed by atoms with Crippen LogP contribution in [0.25, 0.3) is 0 Å². The molecule has 3 atom stereocenters. The predicted molar refractivity (Wildman–Crippen MR) is 121 cm³/mol. The maximum Gasteiger partial charge on any atom is 0.294 e. The highest BCUT2D eigenvalue weighted by atomic mass is 16.9. The van der Waals surface area contributed by atoms with E-state index in [1.165, 1.54) is 11.6 Å². The zero-order valence-corrected chi connectivity index (χ0v) is 19.5. The Morgan fingerprint density at radius 3 is 2.48 bits per heavy atom. The average Bonchev–Trinajstić information content (AvgIpc) is 2.65. The summed E-state index contributed by atoms with van der Waals surface area (Å²) >= 11 is 0. The molecule has 1 aromatic rings. The van der Waals surface area contributed by atoms with Crippen LogP contribution in [0.4, 0.5) is 0 Å². The van der Waals surface area contributed by atoms with Crippen LogP contribution in [0, 0.1) is 27.4 Å². The smallest absolute Gasteiger partial charge is 0.294 e. The summed E-state index contributed by atoms with van der Waals surface area (Å²) in [5, 5.41) is 30.7. The molecular weight excluding hydrogens is 394 g/mol. The molecule has 31 heavy (non-hydrogen) atoms. The maximum atomic E-state index is 10.9. The lowest BCUT2D eigenvalue weighted by atomic mass is 9.45. The Kier molecular flexibility index (Phi) is 6.59. The molecule has 0 spiro atoms. The minimum atomic E-state index is -0.744. The standard InChI is InChI=1S/C25H37NO5/c1-16-12-18(20-15-19(16)25(20,4)5)23-21(13-17(27)14-22(23)28)24(2,3)10-8-6-7-9-11-31-26(29)30/h12-14,18-20,27-28H,6-11,15H2,1-5H3/t18-,19-,20+/m0/s1. The van der Waals surface area contributed by atoms with E-state index in [1.807, 2.05) is 6.07 Å².